The molecule has 1 unspecified atom stereocenters. The van der Waals surface area contributed by atoms with Gasteiger partial charge < -0.3 is 9.64 Å². The van der Waals surface area contributed by atoms with E-state index in [1.54, 1.807) is 6.33 Å². The van der Waals surface area contributed by atoms with Gasteiger partial charge in [0.15, 0.2) is 0 Å². The number of aromatic nitrogens is 5. The van der Waals surface area contributed by atoms with Crippen molar-refractivity contribution in [3.63, 3.8) is 0 Å². The standard InChI is InChI=1S/C23H26N6O2/c30-22(17-6-10-28-20(14-17)24-16-25-28)27-11-8-23(9-12-27)21-18(7-13-31-23)15-29(26-21)19-4-2-1-3-5-19/h1-5,15-17H,6-14H2. The van der Waals surface area contributed by atoms with Crippen LogP contribution in [0.1, 0.15) is 36.3 Å². The number of aryl methyl sites for hydroxylation is 1. The van der Waals surface area contributed by atoms with Crippen molar-refractivity contribution in [1.82, 2.24) is 29.4 Å². The van der Waals surface area contributed by atoms with Crippen LogP contribution in [-0.2, 0) is 34.5 Å². The molecule has 3 aliphatic rings. The average molecular weight is 419 g/mol. The smallest absolute Gasteiger partial charge is 0.226 e. The highest BCUT2D eigenvalue weighted by Gasteiger charge is 2.45. The summed E-state index contributed by atoms with van der Waals surface area (Å²) in [6, 6.07) is 10.2. The minimum absolute atomic E-state index is 0.00544. The minimum atomic E-state index is -0.378. The number of amides is 1. The zero-order valence-corrected chi connectivity index (χ0v) is 17.5. The Labute approximate surface area is 180 Å². The molecule has 6 rings (SSSR count). The first-order valence-electron chi connectivity index (χ1n) is 11.2. The van der Waals surface area contributed by atoms with E-state index >= 15 is 0 Å². The number of ether oxygens (including phenoxy) is 1. The maximum absolute atomic E-state index is 13.2. The van der Waals surface area contributed by atoms with E-state index in [4.69, 9.17) is 9.84 Å². The largest absolute Gasteiger partial charge is 0.368 e. The van der Waals surface area contributed by atoms with E-state index in [0.29, 0.717) is 26.1 Å². The fourth-order valence-electron chi connectivity index (χ4n) is 5.29. The van der Waals surface area contributed by atoms with Crippen LogP contribution in [0.25, 0.3) is 5.69 Å². The van der Waals surface area contributed by atoms with Crippen LogP contribution in [0.5, 0.6) is 0 Å². The topological polar surface area (TPSA) is 78.1 Å². The Morgan fingerprint density at radius 3 is 2.81 bits per heavy atom. The fourth-order valence-corrected chi connectivity index (χ4v) is 5.29. The number of hydrogen-bond donors (Lipinski definition) is 0. The van der Waals surface area contributed by atoms with Crippen LogP contribution in [0, 0.1) is 5.92 Å². The fraction of sp³-hybridized carbons (Fsp3) is 0.478. The lowest BCUT2D eigenvalue weighted by molar-refractivity contribution is -0.145. The van der Waals surface area contributed by atoms with Crippen LogP contribution < -0.4 is 0 Å². The van der Waals surface area contributed by atoms with Crippen LogP contribution in [0.4, 0.5) is 0 Å². The summed E-state index contributed by atoms with van der Waals surface area (Å²) in [6.07, 6.45) is 7.71. The molecule has 31 heavy (non-hydrogen) atoms. The van der Waals surface area contributed by atoms with Crippen molar-refractivity contribution in [2.75, 3.05) is 19.7 Å². The second-order valence-corrected chi connectivity index (χ2v) is 8.79. The van der Waals surface area contributed by atoms with Gasteiger partial charge in [0.25, 0.3) is 0 Å². The van der Waals surface area contributed by atoms with Gasteiger partial charge in [0.2, 0.25) is 5.91 Å². The van der Waals surface area contributed by atoms with Crippen molar-refractivity contribution in [3.8, 4) is 5.69 Å². The molecule has 0 saturated carbocycles. The molecule has 1 saturated heterocycles. The molecule has 0 bridgehead atoms. The highest BCUT2D eigenvalue weighted by atomic mass is 16.5. The molecular formula is C23H26N6O2. The SMILES string of the molecule is O=C(C1CCn2ncnc2C1)N1CCC2(CC1)OCCc1cn(-c3ccccc3)nc12. The second-order valence-electron chi connectivity index (χ2n) is 8.79. The third-order valence-corrected chi connectivity index (χ3v) is 7.04. The lowest BCUT2D eigenvalue weighted by Crippen LogP contribution is -2.50. The molecule has 5 heterocycles. The molecule has 0 aliphatic carbocycles. The number of rotatable bonds is 2. The molecule has 160 valence electrons. The van der Waals surface area contributed by atoms with Gasteiger partial charge in [-0.2, -0.15) is 10.2 Å². The average Bonchev–Trinajstić information content (AvgIpc) is 3.47. The van der Waals surface area contributed by atoms with Gasteiger partial charge in [-0.15, -0.1) is 0 Å². The van der Waals surface area contributed by atoms with E-state index in [0.717, 1.165) is 49.4 Å². The number of benzene rings is 1. The Hall–Kier alpha value is -3.00. The Morgan fingerprint density at radius 2 is 1.97 bits per heavy atom. The number of para-hydroxylation sites is 1. The van der Waals surface area contributed by atoms with Gasteiger partial charge >= 0.3 is 0 Å². The van der Waals surface area contributed by atoms with Gasteiger partial charge in [0, 0.05) is 38.2 Å². The van der Waals surface area contributed by atoms with Crippen molar-refractivity contribution in [3.05, 3.63) is 59.9 Å². The molecule has 2 aromatic heterocycles. The normalized spacial score (nSPS) is 22.2. The summed E-state index contributed by atoms with van der Waals surface area (Å²) in [6.45, 7) is 2.89. The van der Waals surface area contributed by atoms with Crippen LogP contribution >= 0.6 is 0 Å². The molecule has 3 aromatic rings. The van der Waals surface area contributed by atoms with Crippen LogP contribution in [0.2, 0.25) is 0 Å². The molecule has 0 N–H and O–H groups in total. The van der Waals surface area contributed by atoms with E-state index in [-0.39, 0.29) is 17.4 Å². The van der Waals surface area contributed by atoms with Gasteiger partial charge in [-0.05, 0) is 43.4 Å². The zero-order chi connectivity index (χ0) is 20.8. The predicted molar refractivity (Wildman–Crippen MR) is 113 cm³/mol. The summed E-state index contributed by atoms with van der Waals surface area (Å²) in [5, 5.41) is 9.17. The summed E-state index contributed by atoms with van der Waals surface area (Å²) in [4.78, 5) is 19.5. The van der Waals surface area contributed by atoms with Crippen molar-refractivity contribution >= 4 is 5.91 Å². The lowest BCUT2D eigenvalue weighted by atomic mass is 9.83. The first kappa shape index (κ1) is 18.7. The monoisotopic (exact) mass is 418 g/mol. The highest BCUT2D eigenvalue weighted by Crippen LogP contribution is 2.41. The molecule has 1 fully saturated rings. The summed E-state index contributed by atoms with van der Waals surface area (Å²) < 4.78 is 10.2. The number of fused-ring (bicyclic) bond motifs is 3. The predicted octanol–water partition coefficient (Wildman–Crippen LogP) is 2.12. The molecule has 8 nitrogen and oxygen atoms in total. The number of likely N-dealkylation sites (tertiary alicyclic amines) is 1. The number of nitrogens with zero attached hydrogens (tertiary/aromatic N) is 6. The number of piperidine rings is 1. The molecule has 0 radical (unpaired) electrons. The Balaban J connectivity index is 1.19. The molecule has 3 aliphatic heterocycles. The van der Waals surface area contributed by atoms with E-state index in [2.05, 4.69) is 28.4 Å². The van der Waals surface area contributed by atoms with Gasteiger partial charge in [-0.1, -0.05) is 18.2 Å². The summed E-state index contributed by atoms with van der Waals surface area (Å²) in [7, 11) is 0. The Bertz CT molecular complexity index is 1100. The first-order chi connectivity index (χ1) is 15.2. The molecule has 1 aromatic carbocycles. The van der Waals surface area contributed by atoms with Crippen LogP contribution in [-0.4, -0.2) is 55.0 Å². The molecule has 1 amide bonds. The third kappa shape index (κ3) is 3.17. The molecule has 1 atom stereocenters. The Morgan fingerprint density at radius 1 is 1.13 bits per heavy atom. The van der Waals surface area contributed by atoms with Crippen molar-refractivity contribution in [2.24, 2.45) is 5.92 Å². The van der Waals surface area contributed by atoms with Crippen molar-refractivity contribution < 1.29 is 9.53 Å². The number of carbonyl (C=O) groups excluding carboxylic acids is 1. The van der Waals surface area contributed by atoms with Crippen molar-refractivity contribution in [1.29, 1.82) is 0 Å². The van der Waals surface area contributed by atoms with E-state index < -0.39 is 0 Å². The number of hydrogen-bond acceptors (Lipinski definition) is 5. The van der Waals surface area contributed by atoms with Gasteiger partial charge in [0.1, 0.15) is 17.8 Å². The summed E-state index contributed by atoms with van der Waals surface area (Å²) in [5.74, 6) is 1.17. The van der Waals surface area contributed by atoms with Gasteiger partial charge in [-0.3, -0.25) is 9.48 Å². The molecule has 1 spiro atoms. The van der Waals surface area contributed by atoms with Gasteiger partial charge in [-0.25, -0.2) is 9.67 Å². The first-order valence-corrected chi connectivity index (χ1v) is 11.2. The highest BCUT2D eigenvalue weighted by molar-refractivity contribution is 5.79. The van der Waals surface area contributed by atoms with Gasteiger partial charge in [0.05, 0.1) is 18.0 Å². The molecular weight excluding hydrogens is 392 g/mol. The minimum Gasteiger partial charge on any atom is -0.368 e. The van der Waals surface area contributed by atoms with E-state index in [1.165, 1.54) is 5.56 Å². The lowest BCUT2D eigenvalue weighted by Gasteiger charge is -2.43. The van der Waals surface area contributed by atoms with E-state index in [1.807, 2.05) is 32.5 Å². The van der Waals surface area contributed by atoms with Crippen LogP contribution in [0.3, 0.4) is 0 Å². The van der Waals surface area contributed by atoms with E-state index in [9.17, 15) is 4.79 Å². The van der Waals surface area contributed by atoms with Crippen molar-refractivity contribution in [2.45, 2.75) is 44.2 Å². The number of carbonyl (C=O) groups is 1. The second kappa shape index (κ2) is 7.30. The Kier molecular flexibility index (Phi) is 4.41. The maximum atomic E-state index is 13.2. The third-order valence-electron chi connectivity index (χ3n) is 7.04. The quantitative estimate of drug-likeness (QED) is 0.637. The zero-order valence-electron chi connectivity index (χ0n) is 17.5. The maximum Gasteiger partial charge on any atom is 0.226 e. The summed E-state index contributed by atoms with van der Waals surface area (Å²) in [5.41, 5.74) is 3.00. The van der Waals surface area contributed by atoms with Crippen LogP contribution in [0.15, 0.2) is 42.9 Å². The molecule has 8 heteroatoms. The summed E-state index contributed by atoms with van der Waals surface area (Å²) >= 11 is 0.